The lowest BCUT2D eigenvalue weighted by Crippen LogP contribution is -2.16. The van der Waals surface area contributed by atoms with E-state index in [0.717, 1.165) is 31.5 Å². The van der Waals surface area contributed by atoms with Crippen molar-refractivity contribution in [3.63, 3.8) is 0 Å². The van der Waals surface area contributed by atoms with E-state index < -0.39 is 5.97 Å². The minimum absolute atomic E-state index is 0.137. The smallest absolute Gasteiger partial charge is 0.358 e. The van der Waals surface area contributed by atoms with Crippen molar-refractivity contribution in [3.8, 4) is 0 Å². The number of nitrogens with zero attached hydrogens (tertiary/aromatic N) is 3. The summed E-state index contributed by atoms with van der Waals surface area (Å²) in [6, 6.07) is 8.43. The SMILES string of the molecule is O=C(O)c1nnn(CC2Cc3ccccc3S2)c1C1CC1. The van der Waals surface area contributed by atoms with E-state index in [9.17, 15) is 9.90 Å². The number of carboxylic acids is 1. The Kier molecular flexibility index (Phi) is 2.99. The van der Waals surface area contributed by atoms with Crippen LogP contribution in [0.4, 0.5) is 0 Å². The first kappa shape index (κ1) is 12.9. The number of benzene rings is 1. The van der Waals surface area contributed by atoms with E-state index in [1.165, 1.54) is 10.5 Å². The molecule has 0 radical (unpaired) electrons. The molecular formula is C15H15N3O2S. The molecule has 4 rings (SSSR count). The number of thioether (sulfide) groups is 1. The van der Waals surface area contributed by atoms with Gasteiger partial charge in [0.2, 0.25) is 0 Å². The molecule has 1 aliphatic heterocycles. The van der Waals surface area contributed by atoms with Gasteiger partial charge in [-0.25, -0.2) is 9.48 Å². The Hall–Kier alpha value is -1.82. The summed E-state index contributed by atoms with van der Waals surface area (Å²) >= 11 is 1.85. The van der Waals surface area contributed by atoms with Crippen LogP contribution in [0.3, 0.4) is 0 Å². The summed E-state index contributed by atoms with van der Waals surface area (Å²) in [5.41, 5.74) is 2.33. The van der Waals surface area contributed by atoms with Gasteiger partial charge in [0.25, 0.3) is 0 Å². The average molecular weight is 301 g/mol. The second-order valence-corrected chi connectivity index (χ2v) is 6.98. The molecule has 1 aliphatic carbocycles. The van der Waals surface area contributed by atoms with Crippen LogP contribution < -0.4 is 0 Å². The molecule has 1 aromatic carbocycles. The van der Waals surface area contributed by atoms with Crippen molar-refractivity contribution < 1.29 is 9.90 Å². The fourth-order valence-electron chi connectivity index (χ4n) is 2.92. The van der Waals surface area contributed by atoms with Crippen LogP contribution >= 0.6 is 11.8 Å². The molecule has 1 N–H and O–H groups in total. The fourth-order valence-corrected chi connectivity index (χ4v) is 4.21. The Balaban J connectivity index is 1.57. The van der Waals surface area contributed by atoms with Gasteiger partial charge in [-0.2, -0.15) is 0 Å². The molecule has 0 spiro atoms. The van der Waals surface area contributed by atoms with E-state index >= 15 is 0 Å². The summed E-state index contributed by atoms with van der Waals surface area (Å²) in [6.45, 7) is 0.728. The highest BCUT2D eigenvalue weighted by molar-refractivity contribution is 8.00. The highest BCUT2D eigenvalue weighted by Gasteiger charge is 2.35. The predicted octanol–water partition coefficient (Wildman–Crippen LogP) is 2.57. The number of rotatable bonds is 4. The van der Waals surface area contributed by atoms with E-state index in [1.54, 1.807) is 0 Å². The Morgan fingerprint density at radius 2 is 2.19 bits per heavy atom. The zero-order valence-electron chi connectivity index (χ0n) is 11.4. The summed E-state index contributed by atoms with van der Waals surface area (Å²) in [4.78, 5) is 12.6. The molecule has 108 valence electrons. The van der Waals surface area contributed by atoms with Crippen LogP contribution in [0.1, 0.15) is 40.5 Å². The second-order valence-electron chi connectivity index (χ2n) is 5.64. The molecule has 0 bridgehead atoms. The van der Waals surface area contributed by atoms with Crippen LogP contribution in [0.15, 0.2) is 29.2 Å². The third-order valence-electron chi connectivity index (χ3n) is 4.03. The van der Waals surface area contributed by atoms with Gasteiger partial charge in [-0.05, 0) is 30.9 Å². The Bertz CT molecular complexity index is 684. The molecule has 1 saturated carbocycles. The van der Waals surface area contributed by atoms with E-state index in [-0.39, 0.29) is 5.69 Å². The number of fused-ring (bicyclic) bond motifs is 1. The third kappa shape index (κ3) is 2.33. The molecule has 1 atom stereocenters. The Morgan fingerprint density at radius 1 is 1.38 bits per heavy atom. The van der Waals surface area contributed by atoms with Gasteiger partial charge in [-0.15, -0.1) is 16.9 Å². The van der Waals surface area contributed by atoms with E-state index in [1.807, 2.05) is 16.4 Å². The molecule has 1 aromatic heterocycles. The van der Waals surface area contributed by atoms with Crippen molar-refractivity contribution in [2.45, 2.75) is 41.9 Å². The number of aromatic carboxylic acids is 1. The maximum Gasteiger partial charge on any atom is 0.358 e. The third-order valence-corrected chi connectivity index (χ3v) is 5.33. The topological polar surface area (TPSA) is 68.0 Å². The normalized spacial score (nSPS) is 20.5. The lowest BCUT2D eigenvalue weighted by molar-refractivity contribution is 0.0689. The first-order chi connectivity index (χ1) is 10.2. The fraction of sp³-hybridized carbons (Fsp3) is 0.400. The molecule has 0 saturated heterocycles. The first-order valence-corrected chi connectivity index (χ1v) is 8.01. The monoisotopic (exact) mass is 301 g/mol. The quantitative estimate of drug-likeness (QED) is 0.940. The molecule has 0 amide bonds. The van der Waals surface area contributed by atoms with E-state index in [4.69, 9.17) is 0 Å². The molecule has 2 aromatic rings. The van der Waals surface area contributed by atoms with Gasteiger partial charge >= 0.3 is 5.97 Å². The molecule has 6 heteroatoms. The molecule has 1 fully saturated rings. The van der Waals surface area contributed by atoms with Gasteiger partial charge in [0, 0.05) is 16.1 Å². The molecule has 2 heterocycles. The average Bonchev–Trinajstić information content (AvgIpc) is 3.08. The zero-order valence-corrected chi connectivity index (χ0v) is 12.2. The van der Waals surface area contributed by atoms with Crippen LogP contribution in [-0.4, -0.2) is 31.3 Å². The Labute approximate surface area is 126 Å². The highest BCUT2D eigenvalue weighted by Crippen LogP contribution is 2.42. The van der Waals surface area contributed by atoms with Gasteiger partial charge in [0.05, 0.1) is 12.2 Å². The number of hydrogen-bond donors (Lipinski definition) is 1. The number of carboxylic acid groups (broad SMARTS) is 1. The van der Waals surface area contributed by atoms with Crippen LogP contribution in [0.5, 0.6) is 0 Å². The summed E-state index contributed by atoms with van der Waals surface area (Å²) in [6.07, 6.45) is 3.10. The number of aromatic nitrogens is 3. The van der Waals surface area contributed by atoms with Crippen molar-refractivity contribution in [2.75, 3.05) is 0 Å². The lowest BCUT2D eigenvalue weighted by Gasteiger charge is -2.11. The maximum absolute atomic E-state index is 11.3. The molecular weight excluding hydrogens is 286 g/mol. The van der Waals surface area contributed by atoms with Gasteiger partial charge in [-0.1, -0.05) is 23.4 Å². The van der Waals surface area contributed by atoms with E-state index in [0.29, 0.717) is 11.2 Å². The summed E-state index contributed by atoms with van der Waals surface area (Å²) < 4.78 is 1.82. The van der Waals surface area contributed by atoms with Gasteiger partial charge in [0.15, 0.2) is 5.69 Å². The van der Waals surface area contributed by atoms with Crippen LogP contribution in [-0.2, 0) is 13.0 Å². The second kappa shape index (κ2) is 4.87. The van der Waals surface area contributed by atoms with Gasteiger partial charge in [0.1, 0.15) is 0 Å². The summed E-state index contributed by atoms with van der Waals surface area (Å²) in [5.74, 6) is -0.634. The van der Waals surface area contributed by atoms with Crippen LogP contribution in [0, 0.1) is 0 Å². The molecule has 21 heavy (non-hydrogen) atoms. The number of hydrogen-bond acceptors (Lipinski definition) is 4. The minimum Gasteiger partial charge on any atom is -0.476 e. The first-order valence-electron chi connectivity index (χ1n) is 7.13. The maximum atomic E-state index is 11.3. The van der Waals surface area contributed by atoms with E-state index in [2.05, 4.69) is 34.6 Å². The molecule has 5 nitrogen and oxygen atoms in total. The number of carbonyl (C=O) groups is 1. The van der Waals surface area contributed by atoms with Crippen molar-refractivity contribution >= 4 is 17.7 Å². The van der Waals surface area contributed by atoms with Crippen LogP contribution in [0.25, 0.3) is 0 Å². The Morgan fingerprint density at radius 3 is 2.90 bits per heavy atom. The molecule has 2 aliphatic rings. The largest absolute Gasteiger partial charge is 0.476 e. The minimum atomic E-state index is -0.967. The van der Waals surface area contributed by atoms with Crippen LogP contribution in [0.2, 0.25) is 0 Å². The lowest BCUT2D eigenvalue weighted by atomic mass is 10.1. The van der Waals surface area contributed by atoms with Crippen molar-refractivity contribution in [1.82, 2.24) is 15.0 Å². The predicted molar refractivity (Wildman–Crippen MR) is 78.7 cm³/mol. The van der Waals surface area contributed by atoms with Crippen molar-refractivity contribution in [2.24, 2.45) is 0 Å². The van der Waals surface area contributed by atoms with Gasteiger partial charge < -0.3 is 5.11 Å². The molecule has 1 unspecified atom stereocenters. The summed E-state index contributed by atoms with van der Waals surface area (Å²) in [5, 5.41) is 17.6. The highest BCUT2D eigenvalue weighted by atomic mass is 32.2. The van der Waals surface area contributed by atoms with Crippen molar-refractivity contribution in [3.05, 3.63) is 41.2 Å². The van der Waals surface area contributed by atoms with Gasteiger partial charge in [-0.3, -0.25) is 0 Å². The standard InChI is InChI=1S/C15H15N3O2S/c19-15(20)13-14(9-5-6-9)18(17-16-13)8-11-7-10-3-1-2-4-12(10)21-11/h1-4,9,11H,5-8H2,(H,19,20). The van der Waals surface area contributed by atoms with Crippen molar-refractivity contribution in [1.29, 1.82) is 0 Å². The zero-order chi connectivity index (χ0) is 14.4. The summed E-state index contributed by atoms with van der Waals surface area (Å²) in [7, 11) is 0.